The SMILES string of the molecule is CC(C)(C)CCC1(C)CN(C2CCCCC2)C(=O)C(C2=NS(=O)(=O)c3cc(NS(C)(=O)=O)ccc3N2)=C1O. The maximum absolute atomic E-state index is 13.9. The second-order valence-corrected chi connectivity index (χ2v) is 15.5. The van der Waals surface area contributed by atoms with Gasteiger partial charge in [0, 0.05) is 23.7 Å². The smallest absolute Gasteiger partial charge is 0.286 e. The molecule has 0 aromatic heterocycles. The van der Waals surface area contributed by atoms with Crippen molar-refractivity contribution in [3.8, 4) is 0 Å². The van der Waals surface area contributed by atoms with E-state index >= 15 is 0 Å². The fourth-order valence-corrected chi connectivity index (χ4v) is 7.07. The van der Waals surface area contributed by atoms with Crippen LogP contribution < -0.4 is 10.0 Å². The molecule has 4 rings (SSSR count). The summed E-state index contributed by atoms with van der Waals surface area (Å²) in [5.41, 5.74) is -0.671. The number of carbonyl (C=O) groups excluding carboxylic acids is 1. The van der Waals surface area contributed by atoms with Gasteiger partial charge in [-0.1, -0.05) is 47.0 Å². The van der Waals surface area contributed by atoms with Gasteiger partial charge < -0.3 is 15.3 Å². The monoisotopic (exact) mass is 566 g/mol. The molecule has 2 heterocycles. The predicted molar refractivity (Wildman–Crippen MR) is 148 cm³/mol. The number of carbonyl (C=O) groups is 1. The molecule has 1 unspecified atom stereocenters. The van der Waals surface area contributed by atoms with Crippen LogP contribution in [-0.2, 0) is 24.8 Å². The van der Waals surface area contributed by atoms with Crippen molar-refractivity contribution in [1.82, 2.24) is 4.90 Å². The van der Waals surface area contributed by atoms with E-state index in [1.807, 2.05) is 11.8 Å². The lowest BCUT2D eigenvalue weighted by Gasteiger charge is -2.46. The molecular formula is C26H38N4O6S2. The van der Waals surface area contributed by atoms with Crippen LogP contribution in [0.3, 0.4) is 0 Å². The van der Waals surface area contributed by atoms with Crippen molar-refractivity contribution < 1.29 is 26.7 Å². The molecule has 1 amide bonds. The van der Waals surface area contributed by atoms with Crippen molar-refractivity contribution >= 4 is 43.2 Å². The summed E-state index contributed by atoms with van der Waals surface area (Å²) in [4.78, 5) is 15.5. The zero-order valence-electron chi connectivity index (χ0n) is 22.7. The van der Waals surface area contributed by atoms with Crippen molar-refractivity contribution in [2.75, 3.05) is 22.8 Å². The summed E-state index contributed by atoms with van der Waals surface area (Å²) in [6.07, 6.45) is 7.26. The Morgan fingerprint density at radius 2 is 1.87 bits per heavy atom. The molecular weight excluding hydrogens is 528 g/mol. The van der Waals surface area contributed by atoms with E-state index in [2.05, 4.69) is 35.2 Å². The van der Waals surface area contributed by atoms with Gasteiger partial charge in [0.05, 0.1) is 11.9 Å². The number of amides is 1. The van der Waals surface area contributed by atoms with Crippen LogP contribution in [-0.4, -0.2) is 57.4 Å². The maximum atomic E-state index is 13.9. The van der Waals surface area contributed by atoms with Crippen molar-refractivity contribution in [2.45, 2.75) is 83.6 Å². The van der Waals surface area contributed by atoms with Crippen LogP contribution in [0.25, 0.3) is 0 Å². The van der Waals surface area contributed by atoms with E-state index in [0.717, 1.165) is 44.8 Å². The average molecular weight is 567 g/mol. The number of anilines is 2. The normalized spacial score (nSPS) is 24.5. The summed E-state index contributed by atoms with van der Waals surface area (Å²) >= 11 is 0. The van der Waals surface area contributed by atoms with E-state index in [-0.39, 0.29) is 44.9 Å². The van der Waals surface area contributed by atoms with E-state index in [1.54, 1.807) is 0 Å². The Morgan fingerprint density at radius 3 is 2.47 bits per heavy atom. The van der Waals surface area contributed by atoms with Crippen LogP contribution in [0.15, 0.2) is 38.8 Å². The van der Waals surface area contributed by atoms with Crippen LogP contribution in [0, 0.1) is 10.8 Å². The molecule has 210 valence electrons. The highest BCUT2D eigenvalue weighted by Crippen LogP contribution is 2.44. The number of nitrogens with zero attached hydrogens (tertiary/aromatic N) is 2. The molecule has 1 atom stereocenters. The molecule has 1 aromatic carbocycles. The summed E-state index contributed by atoms with van der Waals surface area (Å²) < 4.78 is 55.9. The number of hydrogen-bond acceptors (Lipinski definition) is 7. The van der Waals surface area contributed by atoms with Crippen LogP contribution >= 0.6 is 0 Å². The first-order valence-corrected chi connectivity index (χ1v) is 16.3. The zero-order valence-corrected chi connectivity index (χ0v) is 24.3. The number of amidine groups is 1. The lowest BCUT2D eigenvalue weighted by Crippen LogP contribution is -2.54. The summed E-state index contributed by atoms with van der Waals surface area (Å²) in [6, 6.07) is 4.03. The third kappa shape index (κ3) is 6.01. The van der Waals surface area contributed by atoms with Gasteiger partial charge in [-0.15, -0.1) is 4.40 Å². The quantitative estimate of drug-likeness (QED) is 0.463. The first-order chi connectivity index (χ1) is 17.5. The molecule has 38 heavy (non-hydrogen) atoms. The number of rotatable bonds is 6. The molecule has 12 heteroatoms. The number of nitrogens with one attached hydrogen (secondary N) is 2. The number of aliphatic hydroxyl groups is 1. The van der Waals surface area contributed by atoms with Crippen LogP contribution in [0.4, 0.5) is 11.4 Å². The molecule has 3 N–H and O–H groups in total. The first kappa shape index (κ1) is 28.4. The van der Waals surface area contributed by atoms with Gasteiger partial charge >= 0.3 is 0 Å². The summed E-state index contributed by atoms with van der Waals surface area (Å²) in [5, 5.41) is 14.5. The Hall–Kier alpha value is -2.60. The molecule has 1 saturated carbocycles. The van der Waals surface area contributed by atoms with Crippen molar-refractivity contribution in [3.63, 3.8) is 0 Å². The maximum Gasteiger partial charge on any atom is 0.286 e. The highest BCUT2D eigenvalue weighted by atomic mass is 32.2. The lowest BCUT2D eigenvalue weighted by atomic mass is 9.73. The lowest BCUT2D eigenvalue weighted by molar-refractivity contribution is -0.133. The van der Waals surface area contributed by atoms with Gasteiger partial charge in [0.1, 0.15) is 16.2 Å². The third-order valence-corrected chi connectivity index (χ3v) is 9.43. The van der Waals surface area contributed by atoms with E-state index < -0.39 is 31.4 Å². The van der Waals surface area contributed by atoms with Crippen LogP contribution in [0.2, 0.25) is 0 Å². The fourth-order valence-electron chi connectivity index (χ4n) is 5.36. The zero-order chi connectivity index (χ0) is 28.1. The van der Waals surface area contributed by atoms with E-state index in [0.29, 0.717) is 13.0 Å². The van der Waals surface area contributed by atoms with Gasteiger partial charge in [0.15, 0.2) is 5.84 Å². The fraction of sp³-hybridized carbons (Fsp3) is 0.615. The topological polar surface area (TPSA) is 145 Å². The van der Waals surface area contributed by atoms with Crippen molar-refractivity contribution in [2.24, 2.45) is 15.2 Å². The summed E-state index contributed by atoms with van der Waals surface area (Å²) in [5.74, 6) is -0.798. The highest BCUT2D eigenvalue weighted by Gasteiger charge is 2.47. The molecule has 0 bridgehead atoms. The molecule has 0 spiro atoms. The largest absolute Gasteiger partial charge is 0.511 e. The Balaban J connectivity index is 1.78. The number of hydrogen-bond donors (Lipinski definition) is 3. The van der Waals surface area contributed by atoms with E-state index in [1.165, 1.54) is 18.2 Å². The molecule has 1 aromatic rings. The van der Waals surface area contributed by atoms with Crippen LogP contribution in [0.1, 0.15) is 72.6 Å². The van der Waals surface area contributed by atoms with Gasteiger partial charge in [-0.2, -0.15) is 8.42 Å². The van der Waals surface area contributed by atoms with Gasteiger partial charge in [0.25, 0.3) is 15.9 Å². The summed E-state index contributed by atoms with van der Waals surface area (Å²) in [7, 11) is -7.93. The number of benzene rings is 1. The van der Waals surface area contributed by atoms with Gasteiger partial charge in [-0.3, -0.25) is 9.52 Å². The van der Waals surface area contributed by atoms with Crippen LogP contribution in [0.5, 0.6) is 0 Å². The molecule has 0 radical (unpaired) electrons. The van der Waals surface area contributed by atoms with Gasteiger partial charge in [0.2, 0.25) is 10.0 Å². The van der Waals surface area contributed by atoms with Gasteiger partial charge in [-0.05, 0) is 49.3 Å². The molecule has 3 aliphatic rings. The minimum absolute atomic E-state index is 0.00117. The second-order valence-electron chi connectivity index (χ2n) is 12.2. The molecule has 1 aliphatic carbocycles. The molecule has 1 fully saturated rings. The standard InChI is InChI=1S/C26H38N4O6S2/c1-25(2,3)13-14-26(4)16-30(18-9-7-6-8-10-18)24(32)21(22(26)31)23-27-19-12-11-17(28-37(5,33)34)15-20(19)38(35,36)29-23/h11-12,15,18,28,31H,6-10,13-14,16H2,1-5H3,(H,27,29). The minimum atomic E-state index is -4.31. The van der Waals surface area contributed by atoms with E-state index in [4.69, 9.17) is 0 Å². The molecule has 0 saturated heterocycles. The number of aliphatic hydroxyl groups excluding tert-OH is 1. The van der Waals surface area contributed by atoms with Crippen molar-refractivity contribution in [3.05, 3.63) is 29.5 Å². The Morgan fingerprint density at radius 1 is 1.21 bits per heavy atom. The third-order valence-electron chi connectivity index (χ3n) is 7.51. The van der Waals surface area contributed by atoms with Crippen molar-refractivity contribution in [1.29, 1.82) is 0 Å². The highest BCUT2D eigenvalue weighted by molar-refractivity contribution is 7.92. The molecule has 10 nitrogen and oxygen atoms in total. The molecule has 2 aliphatic heterocycles. The number of sulfonamides is 2. The Labute approximate surface area is 225 Å². The first-order valence-electron chi connectivity index (χ1n) is 13.0. The van der Waals surface area contributed by atoms with Gasteiger partial charge in [-0.25, -0.2) is 8.42 Å². The Kier molecular flexibility index (Phi) is 7.37. The minimum Gasteiger partial charge on any atom is -0.511 e. The predicted octanol–water partition coefficient (Wildman–Crippen LogP) is 4.39. The Bertz CT molecular complexity index is 1400. The van der Waals surface area contributed by atoms with E-state index in [9.17, 15) is 26.7 Å². The average Bonchev–Trinajstić information content (AvgIpc) is 2.80. The summed E-state index contributed by atoms with van der Waals surface area (Å²) in [6.45, 7) is 8.64. The second kappa shape index (κ2) is 9.86. The number of fused-ring (bicyclic) bond motifs is 1.